The Kier molecular flexibility index (Phi) is 5.32. The Bertz CT molecular complexity index is 807. The smallest absolute Gasteiger partial charge is 0.150 e. The molecule has 2 aromatic heterocycles. The van der Waals surface area contributed by atoms with Crippen molar-refractivity contribution in [3.8, 4) is 0 Å². The zero-order valence-corrected chi connectivity index (χ0v) is 16.1. The van der Waals surface area contributed by atoms with Gasteiger partial charge in [0, 0.05) is 19.3 Å². The van der Waals surface area contributed by atoms with Crippen LogP contribution in [0.3, 0.4) is 0 Å². The zero-order chi connectivity index (χ0) is 18.0. The largest absolute Gasteiger partial charge is 0.356 e. The highest BCUT2D eigenvalue weighted by molar-refractivity contribution is 7.91. The van der Waals surface area contributed by atoms with E-state index in [1.54, 1.807) is 6.33 Å². The van der Waals surface area contributed by atoms with Gasteiger partial charge in [-0.25, -0.2) is 18.4 Å². The molecule has 0 atom stereocenters. The number of H-pyrrole nitrogens is 1. The van der Waals surface area contributed by atoms with Crippen molar-refractivity contribution in [1.29, 1.82) is 0 Å². The number of fused-ring (bicyclic) bond motifs is 1. The Morgan fingerprint density at radius 2 is 2.00 bits per heavy atom. The van der Waals surface area contributed by atoms with E-state index < -0.39 is 9.84 Å². The predicted octanol–water partition coefficient (Wildman–Crippen LogP) is 3.02. The monoisotopic (exact) mass is 364 g/mol. The standard InChI is InChI=1S/C18H28N4O2S/c1-4-13(5-2)10-25(23,24)11-14-8-15(9-14)22(3)18-16-6-7-19-17(16)20-12-21-18/h6-7,12-15H,4-5,8-11H2,1-3H3,(H,19,20,21)/t14-,15+. The van der Waals surface area contributed by atoms with Gasteiger partial charge < -0.3 is 9.88 Å². The van der Waals surface area contributed by atoms with Gasteiger partial charge in [-0.05, 0) is 30.7 Å². The van der Waals surface area contributed by atoms with Gasteiger partial charge in [0.15, 0.2) is 9.84 Å². The Balaban J connectivity index is 1.58. The number of aromatic nitrogens is 3. The molecule has 0 aromatic carbocycles. The number of nitrogens with zero attached hydrogens (tertiary/aromatic N) is 3. The summed E-state index contributed by atoms with van der Waals surface area (Å²) in [4.78, 5) is 13.9. The van der Waals surface area contributed by atoms with Crippen LogP contribution in [0, 0.1) is 11.8 Å². The van der Waals surface area contributed by atoms with E-state index in [0.717, 1.165) is 42.5 Å². The van der Waals surface area contributed by atoms with Crippen molar-refractivity contribution in [2.75, 3.05) is 23.5 Å². The number of nitrogens with one attached hydrogen (secondary N) is 1. The quantitative estimate of drug-likeness (QED) is 0.779. The molecule has 2 heterocycles. The topological polar surface area (TPSA) is 79.0 Å². The van der Waals surface area contributed by atoms with Gasteiger partial charge in [-0.15, -0.1) is 0 Å². The third kappa shape index (κ3) is 3.97. The molecule has 1 N–H and O–H groups in total. The molecule has 1 fully saturated rings. The van der Waals surface area contributed by atoms with Crippen LogP contribution in [-0.2, 0) is 9.84 Å². The van der Waals surface area contributed by atoms with E-state index in [1.165, 1.54) is 0 Å². The molecule has 0 unspecified atom stereocenters. The third-order valence-electron chi connectivity index (χ3n) is 5.56. The second-order valence-electron chi connectivity index (χ2n) is 7.30. The number of aromatic amines is 1. The lowest BCUT2D eigenvalue weighted by atomic mass is 9.81. The maximum absolute atomic E-state index is 12.4. The van der Waals surface area contributed by atoms with E-state index in [1.807, 2.05) is 19.3 Å². The van der Waals surface area contributed by atoms with E-state index in [-0.39, 0.29) is 5.92 Å². The first-order valence-corrected chi connectivity index (χ1v) is 11.0. The van der Waals surface area contributed by atoms with Crippen LogP contribution in [-0.4, -0.2) is 48.0 Å². The molecule has 0 aliphatic heterocycles. The van der Waals surface area contributed by atoms with Crippen LogP contribution in [0.25, 0.3) is 11.0 Å². The Labute approximate surface area is 150 Å². The van der Waals surface area contributed by atoms with Gasteiger partial charge in [0.05, 0.1) is 16.9 Å². The minimum absolute atomic E-state index is 0.273. The van der Waals surface area contributed by atoms with Crippen molar-refractivity contribution in [2.24, 2.45) is 11.8 Å². The molecule has 0 amide bonds. The van der Waals surface area contributed by atoms with E-state index in [0.29, 0.717) is 23.5 Å². The SMILES string of the molecule is CCC(CC)CS(=O)(=O)C[C@H]1C[C@@H](N(C)c2ncnc3[nH]ccc23)C1. The summed E-state index contributed by atoms with van der Waals surface area (Å²) in [6.07, 6.45) is 7.13. The molecule has 0 radical (unpaired) electrons. The summed E-state index contributed by atoms with van der Waals surface area (Å²) in [5.41, 5.74) is 0.834. The highest BCUT2D eigenvalue weighted by Crippen LogP contribution is 2.36. The van der Waals surface area contributed by atoms with Crippen molar-refractivity contribution in [1.82, 2.24) is 15.0 Å². The molecule has 1 saturated carbocycles. The Hall–Kier alpha value is -1.63. The molecule has 0 bridgehead atoms. The van der Waals surface area contributed by atoms with E-state index in [2.05, 4.69) is 33.7 Å². The molecule has 0 saturated heterocycles. The van der Waals surface area contributed by atoms with Crippen LogP contribution < -0.4 is 4.90 Å². The minimum atomic E-state index is -2.95. The fourth-order valence-corrected chi connectivity index (χ4v) is 6.09. The van der Waals surface area contributed by atoms with Gasteiger partial charge in [-0.1, -0.05) is 26.7 Å². The number of rotatable bonds is 8. The summed E-state index contributed by atoms with van der Waals surface area (Å²) in [5, 5.41) is 1.01. The normalized spacial score (nSPS) is 20.8. The van der Waals surface area contributed by atoms with Gasteiger partial charge in [0.1, 0.15) is 17.8 Å². The highest BCUT2D eigenvalue weighted by Gasteiger charge is 2.36. The lowest BCUT2D eigenvalue weighted by molar-refractivity contribution is 0.282. The summed E-state index contributed by atoms with van der Waals surface area (Å²) >= 11 is 0. The van der Waals surface area contributed by atoms with E-state index in [9.17, 15) is 8.42 Å². The molecule has 1 aliphatic carbocycles. The summed E-state index contributed by atoms with van der Waals surface area (Å²) in [6.45, 7) is 4.14. The Morgan fingerprint density at radius 3 is 2.68 bits per heavy atom. The maximum Gasteiger partial charge on any atom is 0.150 e. The molecule has 3 rings (SSSR count). The molecule has 1 aliphatic rings. The first kappa shape index (κ1) is 18.2. The van der Waals surface area contributed by atoms with E-state index in [4.69, 9.17) is 0 Å². The molecule has 2 aromatic rings. The number of anilines is 1. The van der Waals surface area contributed by atoms with E-state index >= 15 is 0 Å². The third-order valence-corrected chi connectivity index (χ3v) is 7.52. The summed E-state index contributed by atoms with van der Waals surface area (Å²) in [6, 6.07) is 2.33. The Morgan fingerprint density at radius 1 is 1.28 bits per heavy atom. The van der Waals surface area contributed by atoms with Crippen LogP contribution in [0.2, 0.25) is 0 Å². The lowest BCUT2D eigenvalue weighted by Gasteiger charge is -2.41. The van der Waals surface area contributed by atoms with Crippen molar-refractivity contribution in [3.05, 3.63) is 18.6 Å². The van der Waals surface area contributed by atoms with Gasteiger partial charge in [0.2, 0.25) is 0 Å². The first-order valence-electron chi connectivity index (χ1n) is 9.14. The van der Waals surface area contributed by atoms with Crippen LogP contribution in [0.15, 0.2) is 18.6 Å². The van der Waals surface area contributed by atoms with Gasteiger partial charge >= 0.3 is 0 Å². The molecular weight excluding hydrogens is 336 g/mol. The minimum Gasteiger partial charge on any atom is -0.356 e. The maximum atomic E-state index is 12.4. The first-order chi connectivity index (χ1) is 11.9. The summed E-state index contributed by atoms with van der Waals surface area (Å²) in [7, 11) is -0.918. The van der Waals surface area contributed by atoms with Crippen LogP contribution in [0.5, 0.6) is 0 Å². The zero-order valence-electron chi connectivity index (χ0n) is 15.3. The molecule has 138 valence electrons. The fourth-order valence-electron chi connectivity index (χ4n) is 3.78. The molecular formula is C18H28N4O2S. The number of hydrogen-bond donors (Lipinski definition) is 1. The van der Waals surface area contributed by atoms with Gasteiger partial charge in [-0.3, -0.25) is 0 Å². The summed E-state index contributed by atoms with van der Waals surface area (Å²) < 4.78 is 24.8. The molecule has 25 heavy (non-hydrogen) atoms. The number of hydrogen-bond acceptors (Lipinski definition) is 5. The van der Waals surface area contributed by atoms with Crippen LogP contribution in [0.1, 0.15) is 39.5 Å². The van der Waals surface area contributed by atoms with Crippen LogP contribution in [0.4, 0.5) is 5.82 Å². The summed E-state index contributed by atoms with van der Waals surface area (Å²) in [5.74, 6) is 2.15. The fraction of sp³-hybridized carbons (Fsp3) is 0.667. The number of sulfone groups is 1. The lowest BCUT2D eigenvalue weighted by Crippen LogP contribution is -2.45. The second-order valence-corrected chi connectivity index (χ2v) is 9.45. The van der Waals surface area contributed by atoms with Crippen molar-refractivity contribution >= 4 is 26.7 Å². The van der Waals surface area contributed by atoms with Gasteiger partial charge in [0.25, 0.3) is 0 Å². The highest BCUT2D eigenvalue weighted by atomic mass is 32.2. The molecule has 0 spiro atoms. The average molecular weight is 365 g/mol. The van der Waals surface area contributed by atoms with Crippen LogP contribution >= 0.6 is 0 Å². The van der Waals surface area contributed by atoms with Gasteiger partial charge in [-0.2, -0.15) is 0 Å². The average Bonchev–Trinajstić information content (AvgIpc) is 3.03. The van der Waals surface area contributed by atoms with Crippen molar-refractivity contribution in [2.45, 2.75) is 45.6 Å². The van der Waals surface area contributed by atoms with Crippen molar-refractivity contribution < 1.29 is 8.42 Å². The van der Waals surface area contributed by atoms with Crippen molar-refractivity contribution in [3.63, 3.8) is 0 Å². The molecule has 6 nitrogen and oxygen atoms in total. The predicted molar refractivity (Wildman–Crippen MR) is 102 cm³/mol. The second kappa shape index (κ2) is 7.32. The molecule has 7 heteroatoms.